The fourth-order valence-electron chi connectivity index (χ4n) is 2.76. The van der Waals surface area contributed by atoms with Gasteiger partial charge in [-0.25, -0.2) is 0 Å². The van der Waals surface area contributed by atoms with Crippen molar-refractivity contribution in [3.63, 3.8) is 0 Å². The largest absolute Gasteiger partial charge is 0.368 e. The molecule has 4 N–H and O–H groups in total. The third-order valence-corrected chi connectivity index (χ3v) is 3.58. The lowest BCUT2D eigenvalue weighted by Crippen LogP contribution is -2.61. The molecule has 82 valence electrons. The van der Waals surface area contributed by atoms with Crippen molar-refractivity contribution in [1.82, 2.24) is 0 Å². The van der Waals surface area contributed by atoms with Crippen LogP contribution in [0.25, 0.3) is 0 Å². The molecule has 0 aliphatic heterocycles. The van der Waals surface area contributed by atoms with E-state index in [4.69, 9.17) is 11.5 Å². The molecule has 1 rings (SSSR count). The summed E-state index contributed by atoms with van der Waals surface area (Å²) in [4.78, 5) is 11.4. The van der Waals surface area contributed by atoms with Crippen molar-refractivity contribution in [2.45, 2.75) is 45.6 Å². The molecule has 0 aromatic heterocycles. The lowest BCUT2D eigenvalue weighted by molar-refractivity contribution is -0.128. The smallest absolute Gasteiger partial charge is 0.237 e. The zero-order valence-electron chi connectivity index (χ0n) is 9.42. The van der Waals surface area contributed by atoms with Crippen LogP contribution in [-0.4, -0.2) is 11.4 Å². The second-order valence-electron chi connectivity index (χ2n) is 5.14. The molecular weight excluding hydrogens is 176 g/mol. The Balaban J connectivity index is 2.88. The zero-order valence-corrected chi connectivity index (χ0v) is 9.42. The Labute approximate surface area is 86.2 Å². The van der Waals surface area contributed by atoms with Crippen LogP contribution in [-0.2, 0) is 4.79 Å². The Morgan fingerprint density at radius 2 is 2.00 bits per heavy atom. The molecule has 1 saturated carbocycles. The number of amides is 1. The lowest BCUT2D eigenvalue weighted by atomic mass is 9.65. The summed E-state index contributed by atoms with van der Waals surface area (Å²) in [5.74, 6) is 0.862. The minimum Gasteiger partial charge on any atom is -0.368 e. The van der Waals surface area contributed by atoms with Gasteiger partial charge < -0.3 is 11.5 Å². The van der Waals surface area contributed by atoms with Gasteiger partial charge in [-0.3, -0.25) is 4.79 Å². The Morgan fingerprint density at radius 1 is 1.43 bits per heavy atom. The van der Waals surface area contributed by atoms with E-state index in [0.717, 1.165) is 19.3 Å². The molecule has 1 aliphatic rings. The van der Waals surface area contributed by atoms with Gasteiger partial charge in [0.15, 0.2) is 0 Å². The van der Waals surface area contributed by atoms with Crippen LogP contribution in [0.5, 0.6) is 0 Å². The Bertz CT molecular complexity index is 227. The lowest BCUT2D eigenvalue weighted by Gasteiger charge is -2.43. The van der Waals surface area contributed by atoms with Crippen LogP contribution in [0.15, 0.2) is 0 Å². The van der Waals surface area contributed by atoms with Crippen LogP contribution >= 0.6 is 0 Å². The van der Waals surface area contributed by atoms with E-state index >= 15 is 0 Å². The van der Waals surface area contributed by atoms with Gasteiger partial charge in [-0.1, -0.05) is 27.2 Å². The van der Waals surface area contributed by atoms with Gasteiger partial charge >= 0.3 is 0 Å². The van der Waals surface area contributed by atoms with Gasteiger partial charge in [0.2, 0.25) is 5.91 Å². The molecule has 1 aliphatic carbocycles. The molecule has 1 fully saturated rings. The van der Waals surface area contributed by atoms with Crippen LogP contribution in [0.3, 0.4) is 0 Å². The van der Waals surface area contributed by atoms with Gasteiger partial charge in [0.1, 0.15) is 0 Å². The zero-order chi connectivity index (χ0) is 10.9. The highest BCUT2D eigenvalue weighted by Gasteiger charge is 2.45. The molecule has 14 heavy (non-hydrogen) atoms. The van der Waals surface area contributed by atoms with Crippen LogP contribution in [0, 0.1) is 17.8 Å². The molecular formula is C11H22N2O. The second-order valence-corrected chi connectivity index (χ2v) is 5.14. The summed E-state index contributed by atoms with van der Waals surface area (Å²) in [6.45, 7) is 6.37. The predicted molar refractivity (Wildman–Crippen MR) is 57.5 cm³/mol. The number of nitrogens with two attached hydrogens (primary N) is 2. The summed E-state index contributed by atoms with van der Waals surface area (Å²) >= 11 is 0. The number of carbonyl (C=O) groups is 1. The van der Waals surface area contributed by atoms with Gasteiger partial charge in [0.05, 0.1) is 5.54 Å². The maximum Gasteiger partial charge on any atom is 0.237 e. The summed E-state index contributed by atoms with van der Waals surface area (Å²) in [7, 11) is 0. The van der Waals surface area contributed by atoms with Crippen LogP contribution in [0.4, 0.5) is 0 Å². The van der Waals surface area contributed by atoms with E-state index in [1.807, 2.05) is 0 Å². The van der Waals surface area contributed by atoms with Crippen LogP contribution < -0.4 is 11.5 Å². The number of carbonyl (C=O) groups excluding carboxylic acids is 1. The van der Waals surface area contributed by atoms with Crippen LogP contribution in [0.2, 0.25) is 0 Å². The van der Waals surface area contributed by atoms with Crippen molar-refractivity contribution in [2.75, 3.05) is 0 Å². The Hall–Kier alpha value is -0.570. The SMILES string of the molecule is CC1CCC(C(C)C)C(N)(C(N)=O)C1. The summed E-state index contributed by atoms with van der Waals surface area (Å²) in [6, 6.07) is 0. The number of hydrogen-bond donors (Lipinski definition) is 2. The number of hydrogen-bond acceptors (Lipinski definition) is 2. The first-order valence-electron chi connectivity index (χ1n) is 5.46. The van der Waals surface area contributed by atoms with E-state index in [9.17, 15) is 4.79 Å². The highest BCUT2D eigenvalue weighted by Crippen LogP contribution is 2.39. The maximum absolute atomic E-state index is 11.4. The van der Waals surface area contributed by atoms with E-state index in [0.29, 0.717) is 11.8 Å². The van der Waals surface area contributed by atoms with E-state index in [1.54, 1.807) is 0 Å². The Kier molecular flexibility index (Phi) is 3.20. The van der Waals surface area contributed by atoms with Gasteiger partial charge in [-0.2, -0.15) is 0 Å². The summed E-state index contributed by atoms with van der Waals surface area (Å²) in [5, 5.41) is 0. The number of primary amides is 1. The summed E-state index contributed by atoms with van der Waals surface area (Å²) < 4.78 is 0. The quantitative estimate of drug-likeness (QED) is 0.701. The first-order valence-corrected chi connectivity index (χ1v) is 5.46. The normalized spacial score (nSPS) is 38.6. The van der Waals surface area contributed by atoms with E-state index in [1.165, 1.54) is 0 Å². The monoisotopic (exact) mass is 198 g/mol. The fraction of sp³-hybridized carbons (Fsp3) is 0.909. The highest BCUT2D eigenvalue weighted by atomic mass is 16.1. The third kappa shape index (κ3) is 1.92. The van der Waals surface area contributed by atoms with Gasteiger partial charge in [-0.05, 0) is 30.6 Å². The maximum atomic E-state index is 11.4. The molecule has 0 spiro atoms. The van der Waals surface area contributed by atoms with Crippen molar-refractivity contribution in [3.05, 3.63) is 0 Å². The van der Waals surface area contributed by atoms with Crippen molar-refractivity contribution < 1.29 is 4.79 Å². The van der Waals surface area contributed by atoms with Gasteiger partial charge in [0.25, 0.3) is 0 Å². The van der Waals surface area contributed by atoms with Crippen molar-refractivity contribution in [2.24, 2.45) is 29.2 Å². The van der Waals surface area contributed by atoms with Gasteiger partial charge in [0, 0.05) is 0 Å². The molecule has 0 radical (unpaired) electrons. The fourth-order valence-corrected chi connectivity index (χ4v) is 2.76. The molecule has 0 heterocycles. The second kappa shape index (κ2) is 3.89. The van der Waals surface area contributed by atoms with Crippen molar-refractivity contribution >= 4 is 5.91 Å². The summed E-state index contributed by atoms with van der Waals surface area (Å²) in [5.41, 5.74) is 10.8. The van der Waals surface area contributed by atoms with Crippen molar-refractivity contribution in [3.8, 4) is 0 Å². The standard InChI is InChI=1S/C11H22N2O/c1-7(2)9-5-4-8(3)6-11(9,13)10(12)14/h7-9H,4-6,13H2,1-3H3,(H2,12,14). The molecule has 0 aromatic carbocycles. The third-order valence-electron chi connectivity index (χ3n) is 3.58. The van der Waals surface area contributed by atoms with Gasteiger partial charge in [-0.15, -0.1) is 0 Å². The van der Waals surface area contributed by atoms with E-state index in [-0.39, 0.29) is 11.8 Å². The van der Waals surface area contributed by atoms with Crippen LogP contribution in [0.1, 0.15) is 40.0 Å². The van der Waals surface area contributed by atoms with E-state index in [2.05, 4.69) is 20.8 Å². The predicted octanol–water partition coefficient (Wildman–Crippen LogP) is 1.26. The molecule has 3 heteroatoms. The average Bonchev–Trinajstić information content (AvgIpc) is 2.02. The molecule has 0 saturated heterocycles. The molecule has 3 unspecified atom stereocenters. The van der Waals surface area contributed by atoms with E-state index < -0.39 is 5.54 Å². The molecule has 3 atom stereocenters. The number of rotatable bonds is 2. The molecule has 0 bridgehead atoms. The molecule has 0 aromatic rings. The highest BCUT2D eigenvalue weighted by molar-refractivity contribution is 5.85. The Morgan fingerprint density at radius 3 is 2.43 bits per heavy atom. The molecule has 1 amide bonds. The summed E-state index contributed by atoms with van der Waals surface area (Å²) in [6.07, 6.45) is 2.93. The first kappa shape index (κ1) is 11.5. The topological polar surface area (TPSA) is 69.1 Å². The minimum atomic E-state index is -0.772. The first-order chi connectivity index (χ1) is 6.38. The molecule has 3 nitrogen and oxygen atoms in total. The average molecular weight is 198 g/mol. The minimum absolute atomic E-state index is 0.246. The van der Waals surface area contributed by atoms with Crippen molar-refractivity contribution in [1.29, 1.82) is 0 Å².